The van der Waals surface area contributed by atoms with Gasteiger partial charge < -0.3 is 14.6 Å². The number of methoxy groups -OCH3 is 1. The van der Waals surface area contributed by atoms with Crippen LogP contribution < -0.4 is 10.1 Å². The predicted octanol–water partition coefficient (Wildman–Crippen LogP) is 2.97. The van der Waals surface area contributed by atoms with E-state index in [1.54, 1.807) is 0 Å². The number of non-ortho nitro benzene ring substituents is 1. The van der Waals surface area contributed by atoms with Crippen LogP contribution in [0.3, 0.4) is 0 Å². The lowest BCUT2D eigenvalue weighted by Crippen LogP contribution is -2.18. The fourth-order valence-corrected chi connectivity index (χ4v) is 2.85. The SMILES string of the molecule is COc1ccc([N+](=O)[O-])cc1NC(=O)c1noc2c1C[C@H](C)CC2. The van der Waals surface area contributed by atoms with E-state index in [1.807, 2.05) is 0 Å². The van der Waals surface area contributed by atoms with Gasteiger partial charge in [0.1, 0.15) is 11.5 Å². The van der Waals surface area contributed by atoms with E-state index in [-0.39, 0.29) is 17.1 Å². The molecule has 1 aliphatic carbocycles. The highest BCUT2D eigenvalue weighted by atomic mass is 16.6. The normalized spacial score (nSPS) is 16.3. The van der Waals surface area contributed by atoms with Crippen molar-refractivity contribution in [2.24, 2.45) is 5.92 Å². The molecule has 1 aliphatic rings. The van der Waals surface area contributed by atoms with Crippen LogP contribution in [0.25, 0.3) is 0 Å². The predicted molar refractivity (Wildman–Crippen MR) is 85.3 cm³/mol. The highest BCUT2D eigenvalue weighted by molar-refractivity contribution is 6.04. The van der Waals surface area contributed by atoms with Gasteiger partial charge in [0.2, 0.25) is 0 Å². The van der Waals surface area contributed by atoms with Crippen LogP contribution in [0.1, 0.15) is 35.2 Å². The molecule has 126 valence electrons. The third kappa shape index (κ3) is 2.94. The molecule has 0 unspecified atom stereocenters. The second-order valence-corrected chi connectivity index (χ2v) is 5.88. The number of nitrogens with zero attached hydrogens (tertiary/aromatic N) is 2. The van der Waals surface area contributed by atoms with Gasteiger partial charge in [0.05, 0.1) is 17.7 Å². The lowest BCUT2D eigenvalue weighted by Gasteiger charge is -2.16. The Morgan fingerprint density at radius 2 is 2.29 bits per heavy atom. The third-order valence-electron chi connectivity index (χ3n) is 4.14. The molecule has 1 N–H and O–H groups in total. The van der Waals surface area contributed by atoms with Crippen molar-refractivity contribution in [3.8, 4) is 5.75 Å². The quantitative estimate of drug-likeness (QED) is 0.681. The van der Waals surface area contributed by atoms with Crippen molar-refractivity contribution in [2.45, 2.75) is 26.2 Å². The molecule has 1 aromatic heterocycles. The van der Waals surface area contributed by atoms with Crippen molar-refractivity contribution in [1.82, 2.24) is 5.16 Å². The Morgan fingerprint density at radius 3 is 3.00 bits per heavy atom. The molecular formula is C16H17N3O5. The third-order valence-corrected chi connectivity index (χ3v) is 4.14. The summed E-state index contributed by atoms with van der Waals surface area (Å²) in [5, 5.41) is 17.4. The Balaban J connectivity index is 1.89. The second-order valence-electron chi connectivity index (χ2n) is 5.88. The number of anilines is 1. The van der Waals surface area contributed by atoms with Gasteiger partial charge in [-0.2, -0.15) is 0 Å². The number of hydrogen-bond acceptors (Lipinski definition) is 6. The molecule has 2 aromatic rings. The van der Waals surface area contributed by atoms with E-state index in [9.17, 15) is 14.9 Å². The first-order valence-corrected chi connectivity index (χ1v) is 7.60. The van der Waals surface area contributed by atoms with Gasteiger partial charge in [0.15, 0.2) is 5.69 Å². The zero-order valence-electron chi connectivity index (χ0n) is 13.4. The molecule has 8 nitrogen and oxygen atoms in total. The van der Waals surface area contributed by atoms with E-state index in [0.717, 1.165) is 30.6 Å². The number of nitro benzene ring substituents is 1. The van der Waals surface area contributed by atoms with Crippen LogP contribution in [-0.2, 0) is 12.8 Å². The molecule has 0 saturated heterocycles. The molecule has 1 amide bonds. The molecule has 0 fully saturated rings. The fourth-order valence-electron chi connectivity index (χ4n) is 2.85. The summed E-state index contributed by atoms with van der Waals surface area (Å²) in [7, 11) is 1.43. The van der Waals surface area contributed by atoms with Gasteiger partial charge in [-0.05, 0) is 24.8 Å². The number of aromatic nitrogens is 1. The summed E-state index contributed by atoms with van der Waals surface area (Å²) in [6.45, 7) is 2.11. The molecule has 0 spiro atoms. The van der Waals surface area contributed by atoms with Crippen LogP contribution >= 0.6 is 0 Å². The summed E-state index contributed by atoms with van der Waals surface area (Å²) in [6.07, 6.45) is 2.49. The Bertz CT molecular complexity index is 799. The first kappa shape index (κ1) is 16.0. The monoisotopic (exact) mass is 331 g/mol. The number of fused-ring (bicyclic) bond motifs is 1. The van der Waals surface area contributed by atoms with Crippen molar-refractivity contribution in [3.05, 3.63) is 45.3 Å². The number of nitrogens with one attached hydrogen (secondary N) is 1. The Hall–Kier alpha value is -2.90. The number of carbonyl (C=O) groups excluding carboxylic acids is 1. The lowest BCUT2D eigenvalue weighted by molar-refractivity contribution is -0.384. The highest BCUT2D eigenvalue weighted by Crippen LogP contribution is 2.31. The van der Waals surface area contributed by atoms with Crippen LogP contribution in [-0.4, -0.2) is 23.1 Å². The van der Waals surface area contributed by atoms with Crippen LogP contribution in [0.4, 0.5) is 11.4 Å². The zero-order chi connectivity index (χ0) is 17.3. The van der Waals surface area contributed by atoms with Crippen LogP contribution in [0.15, 0.2) is 22.7 Å². The maximum atomic E-state index is 12.5. The minimum absolute atomic E-state index is 0.137. The summed E-state index contributed by atoms with van der Waals surface area (Å²) in [5.74, 6) is 1.06. The van der Waals surface area contributed by atoms with Crippen LogP contribution in [0.5, 0.6) is 5.75 Å². The first-order chi connectivity index (χ1) is 11.5. The topological polar surface area (TPSA) is 108 Å². The maximum Gasteiger partial charge on any atom is 0.278 e. The minimum atomic E-state index is -0.533. The van der Waals surface area contributed by atoms with E-state index in [0.29, 0.717) is 11.7 Å². The minimum Gasteiger partial charge on any atom is -0.495 e. The van der Waals surface area contributed by atoms with Crippen molar-refractivity contribution in [3.63, 3.8) is 0 Å². The smallest absolute Gasteiger partial charge is 0.278 e. The van der Waals surface area contributed by atoms with E-state index in [4.69, 9.17) is 9.26 Å². The van der Waals surface area contributed by atoms with Crippen LogP contribution in [0, 0.1) is 16.0 Å². The molecule has 0 aliphatic heterocycles. The van der Waals surface area contributed by atoms with Crippen molar-refractivity contribution < 1.29 is 19.0 Å². The van der Waals surface area contributed by atoms with Crippen molar-refractivity contribution in [2.75, 3.05) is 12.4 Å². The van der Waals surface area contributed by atoms with E-state index in [2.05, 4.69) is 17.4 Å². The van der Waals surface area contributed by atoms with E-state index in [1.165, 1.54) is 25.3 Å². The average molecular weight is 331 g/mol. The Kier molecular flexibility index (Phi) is 4.20. The summed E-state index contributed by atoms with van der Waals surface area (Å²) in [5.41, 5.74) is 1.12. The molecule has 0 radical (unpaired) electrons. The van der Waals surface area contributed by atoms with Gasteiger partial charge in [0.25, 0.3) is 11.6 Å². The van der Waals surface area contributed by atoms with Gasteiger partial charge in [-0.15, -0.1) is 0 Å². The number of rotatable bonds is 4. The molecule has 24 heavy (non-hydrogen) atoms. The van der Waals surface area contributed by atoms with Gasteiger partial charge in [0, 0.05) is 24.1 Å². The number of nitro groups is 1. The molecular weight excluding hydrogens is 314 g/mol. The largest absolute Gasteiger partial charge is 0.495 e. The molecule has 1 aromatic carbocycles. The van der Waals surface area contributed by atoms with Crippen LogP contribution in [0.2, 0.25) is 0 Å². The molecule has 0 bridgehead atoms. The molecule has 3 rings (SSSR count). The van der Waals surface area contributed by atoms with Gasteiger partial charge in [-0.25, -0.2) is 0 Å². The van der Waals surface area contributed by atoms with Crippen molar-refractivity contribution in [1.29, 1.82) is 0 Å². The number of aryl methyl sites for hydroxylation is 1. The summed E-state index contributed by atoms with van der Waals surface area (Å²) < 4.78 is 10.4. The molecule has 8 heteroatoms. The molecule has 1 heterocycles. The summed E-state index contributed by atoms with van der Waals surface area (Å²) in [6, 6.07) is 4.01. The van der Waals surface area contributed by atoms with Gasteiger partial charge >= 0.3 is 0 Å². The number of benzene rings is 1. The fraction of sp³-hybridized carbons (Fsp3) is 0.375. The summed E-state index contributed by atoms with van der Waals surface area (Å²) in [4.78, 5) is 22.9. The van der Waals surface area contributed by atoms with Gasteiger partial charge in [-0.1, -0.05) is 12.1 Å². The van der Waals surface area contributed by atoms with Gasteiger partial charge in [-0.3, -0.25) is 14.9 Å². The number of hydrogen-bond donors (Lipinski definition) is 1. The number of amides is 1. The Morgan fingerprint density at radius 1 is 1.50 bits per heavy atom. The molecule has 1 atom stereocenters. The van der Waals surface area contributed by atoms with E-state index < -0.39 is 10.8 Å². The number of carbonyl (C=O) groups is 1. The first-order valence-electron chi connectivity index (χ1n) is 7.60. The lowest BCUT2D eigenvalue weighted by atomic mass is 9.88. The summed E-state index contributed by atoms with van der Waals surface area (Å²) >= 11 is 0. The van der Waals surface area contributed by atoms with E-state index >= 15 is 0 Å². The standard InChI is InChI=1S/C16H17N3O5/c1-9-3-5-13-11(7-9)15(18-24-13)16(20)17-12-8-10(19(21)22)4-6-14(12)23-2/h4,6,8-9H,3,5,7H2,1-2H3,(H,17,20)/t9-/m1/s1. The second kappa shape index (κ2) is 6.31. The average Bonchev–Trinajstić information content (AvgIpc) is 2.97. The Labute approximate surface area is 137 Å². The molecule has 0 saturated carbocycles. The zero-order valence-corrected chi connectivity index (χ0v) is 13.4. The number of ether oxygens (including phenoxy) is 1. The highest BCUT2D eigenvalue weighted by Gasteiger charge is 2.27. The maximum absolute atomic E-state index is 12.5. The van der Waals surface area contributed by atoms with Crippen molar-refractivity contribution >= 4 is 17.3 Å².